The van der Waals surface area contributed by atoms with Gasteiger partial charge in [0.1, 0.15) is 6.04 Å². The summed E-state index contributed by atoms with van der Waals surface area (Å²) in [4.78, 5) is 0. The second-order valence-corrected chi connectivity index (χ2v) is 5.46. The molecular formula is C14H20N2. The molecule has 16 heavy (non-hydrogen) atoms. The van der Waals surface area contributed by atoms with Crippen molar-refractivity contribution in [3.63, 3.8) is 0 Å². The van der Waals surface area contributed by atoms with Crippen molar-refractivity contribution in [1.82, 2.24) is 0 Å². The highest BCUT2D eigenvalue weighted by molar-refractivity contribution is 5.47. The average molecular weight is 216 g/mol. The van der Waals surface area contributed by atoms with Crippen LogP contribution in [0.5, 0.6) is 0 Å². The number of aryl methyl sites for hydroxylation is 1. The van der Waals surface area contributed by atoms with Crippen LogP contribution in [-0.2, 0) is 0 Å². The number of benzene rings is 1. The molecule has 0 aliphatic heterocycles. The molecule has 1 aromatic carbocycles. The van der Waals surface area contributed by atoms with Gasteiger partial charge < -0.3 is 5.32 Å². The molecule has 1 atom stereocenters. The van der Waals surface area contributed by atoms with Crippen molar-refractivity contribution in [2.24, 2.45) is 5.41 Å². The zero-order valence-corrected chi connectivity index (χ0v) is 10.5. The van der Waals surface area contributed by atoms with Crippen LogP contribution in [0.15, 0.2) is 24.3 Å². The molecule has 1 unspecified atom stereocenters. The smallest absolute Gasteiger partial charge is 0.114 e. The molecular weight excluding hydrogens is 196 g/mol. The minimum Gasteiger partial charge on any atom is -0.370 e. The highest BCUT2D eigenvalue weighted by Gasteiger charge is 2.18. The van der Waals surface area contributed by atoms with E-state index in [1.54, 1.807) is 0 Å². The normalized spacial score (nSPS) is 12.9. The summed E-state index contributed by atoms with van der Waals surface area (Å²) in [7, 11) is 0. The van der Waals surface area contributed by atoms with Gasteiger partial charge in [-0.25, -0.2) is 0 Å². The number of anilines is 1. The molecule has 1 N–H and O–H groups in total. The third kappa shape index (κ3) is 4.35. The summed E-state index contributed by atoms with van der Waals surface area (Å²) in [5.74, 6) is 0. The fourth-order valence-corrected chi connectivity index (χ4v) is 1.68. The maximum atomic E-state index is 9.11. The lowest BCUT2D eigenvalue weighted by atomic mass is 9.88. The summed E-state index contributed by atoms with van der Waals surface area (Å²) in [6.45, 7) is 8.50. The molecule has 86 valence electrons. The molecule has 0 spiro atoms. The van der Waals surface area contributed by atoms with Gasteiger partial charge in [-0.15, -0.1) is 0 Å². The zero-order valence-electron chi connectivity index (χ0n) is 10.5. The van der Waals surface area contributed by atoms with Crippen molar-refractivity contribution in [1.29, 1.82) is 5.26 Å². The number of nitrogens with zero attached hydrogens (tertiary/aromatic N) is 1. The van der Waals surface area contributed by atoms with E-state index >= 15 is 0 Å². The molecule has 1 aromatic rings. The second-order valence-electron chi connectivity index (χ2n) is 5.46. The number of nitrogens with one attached hydrogen (secondary N) is 1. The number of hydrogen-bond acceptors (Lipinski definition) is 2. The molecule has 0 aromatic heterocycles. The van der Waals surface area contributed by atoms with Crippen LogP contribution < -0.4 is 5.32 Å². The van der Waals surface area contributed by atoms with E-state index < -0.39 is 0 Å². The van der Waals surface area contributed by atoms with E-state index in [0.29, 0.717) is 0 Å². The Bertz CT molecular complexity index is 382. The fraction of sp³-hybridized carbons (Fsp3) is 0.500. The van der Waals surface area contributed by atoms with E-state index in [0.717, 1.165) is 12.1 Å². The topological polar surface area (TPSA) is 35.8 Å². The maximum absolute atomic E-state index is 9.11. The van der Waals surface area contributed by atoms with Crippen molar-refractivity contribution in [3.05, 3.63) is 29.8 Å². The summed E-state index contributed by atoms with van der Waals surface area (Å²) in [6.07, 6.45) is 0.845. The Morgan fingerprint density at radius 3 is 2.56 bits per heavy atom. The number of nitriles is 1. The van der Waals surface area contributed by atoms with E-state index in [9.17, 15) is 0 Å². The standard InChI is InChI=1S/C14H20N2/c1-11-6-5-7-12(8-11)16-13(10-15)9-14(2,3)4/h5-8,13,16H,9H2,1-4H3. The quantitative estimate of drug-likeness (QED) is 0.835. The van der Waals surface area contributed by atoms with Gasteiger partial charge in [-0.05, 0) is 36.5 Å². The maximum Gasteiger partial charge on any atom is 0.114 e. The second kappa shape index (κ2) is 5.03. The van der Waals surface area contributed by atoms with E-state index in [4.69, 9.17) is 5.26 Å². The summed E-state index contributed by atoms with van der Waals surface area (Å²) < 4.78 is 0. The lowest BCUT2D eigenvalue weighted by Gasteiger charge is -2.23. The molecule has 1 rings (SSSR count). The lowest BCUT2D eigenvalue weighted by molar-refractivity contribution is 0.370. The Labute approximate surface area is 98.3 Å². The first kappa shape index (κ1) is 12.6. The van der Waals surface area contributed by atoms with Gasteiger partial charge in [0, 0.05) is 5.69 Å². The Kier molecular flexibility index (Phi) is 3.95. The Balaban J connectivity index is 2.68. The fourth-order valence-electron chi connectivity index (χ4n) is 1.68. The highest BCUT2D eigenvalue weighted by Crippen LogP contribution is 2.22. The van der Waals surface area contributed by atoms with Gasteiger partial charge >= 0.3 is 0 Å². The molecule has 0 radical (unpaired) electrons. The van der Waals surface area contributed by atoms with Crippen LogP contribution in [0, 0.1) is 23.7 Å². The van der Waals surface area contributed by atoms with Gasteiger partial charge in [0.25, 0.3) is 0 Å². The van der Waals surface area contributed by atoms with Gasteiger partial charge in [-0.3, -0.25) is 0 Å². The van der Waals surface area contributed by atoms with E-state index in [2.05, 4.69) is 51.2 Å². The Morgan fingerprint density at radius 2 is 2.06 bits per heavy atom. The van der Waals surface area contributed by atoms with Crippen molar-refractivity contribution < 1.29 is 0 Å². The first-order valence-electron chi connectivity index (χ1n) is 5.63. The molecule has 2 nitrogen and oxygen atoms in total. The van der Waals surface area contributed by atoms with Crippen LogP contribution in [-0.4, -0.2) is 6.04 Å². The van der Waals surface area contributed by atoms with Gasteiger partial charge in [0.2, 0.25) is 0 Å². The zero-order chi connectivity index (χ0) is 12.2. The van der Waals surface area contributed by atoms with Crippen molar-refractivity contribution in [3.8, 4) is 6.07 Å². The van der Waals surface area contributed by atoms with Crippen LogP contribution in [0.3, 0.4) is 0 Å². The average Bonchev–Trinajstić information content (AvgIpc) is 2.14. The van der Waals surface area contributed by atoms with E-state index in [1.807, 2.05) is 12.1 Å². The van der Waals surface area contributed by atoms with Crippen molar-refractivity contribution in [2.75, 3.05) is 5.32 Å². The lowest BCUT2D eigenvalue weighted by Crippen LogP contribution is -2.24. The molecule has 2 heteroatoms. The van der Waals surface area contributed by atoms with Gasteiger partial charge in [0.15, 0.2) is 0 Å². The summed E-state index contributed by atoms with van der Waals surface area (Å²) in [5, 5.41) is 12.4. The summed E-state index contributed by atoms with van der Waals surface area (Å²) in [6, 6.07) is 10.3. The van der Waals surface area contributed by atoms with Crippen LogP contribution >= 0.6 is 0 Å². The predicted octanol–water partition coefficient (Wildman–Crippen LogP) is 3.74. The monoisotopic (exact) mass is 216 g/mol. The minimum absolute atomic E-state index is 0.123. The first-order chi connectivity index (χ1) is 7.40. The third-order valence-electron chi connectivity index (χ3n) is 2.33. The first-order valence-corrected chi connectivity index (χ1v) is 5.63. The van der Waals surface area contributed by atoms with Gasteiger partial charge in [-0.2, -0.15) is 5.26 Å². The molecule has 0 heterocycles. The number of rotatable bonds is 3. The highest BCUT2D eigenvalue weighted by atomic mass is 14.9. The molecule has 0 aliphatic carbocycles. The molecule has 0 saturated heterocycles. The molecule has 0 amide bonds. The molecule has 0 aliphatic rings. The predicted molar refractivity (Wildman–Crippen MR) is 68.3 cm³/mol. The van der Waals surface area contributed by atoms with Crippen LogP contribution in [0.2, 0.25) is 0 Å². The van der Waals surface area contributed by atoms with Crippen molar-refractivity contribution in [2.45, 2.75) is 40.2 Å². The summed E-state index contributed by atoms with van der Waals surface area (Å²) in [5.41, 5.74) is 2.39. The van der Waals surface area contributed by atoms with Crippen molar-refractivity contribution >= 4 is 5.69 Å². The van der Waals surface area contributed by atoms with E-state index in [1.165, 1.54) is 5.56 Å². The number of hydrogen-bond donors (Lipinski definition) is 1. The SMILES string of the molecule is Cc1cccc(NC(C#N)CC(C)(C)C)c1. The van der Waals surface area contributed by atoms with Gasteiger partial charge in [0.05, 0.1) is 6.07 Å². The Hall–Kier alpha value is -1.49. The van der Waals surface area contributed by atoms with E-state index in [-0.39, 0.29) is 11.5 Å². The molecule has 0 saturated carbocycles. The van der Waals surface area contributed by atoms with Crippen LogP contribution in [0.25, 0.3) is 0 Å². The minimum atomic E-state index is -0.123. The van der Waals surface area contributed by atoms with Crippen LogP contribution in [0.1, 0.15) is 32.8 Å². The van der Waals surface area contributed by atoms with Gasteiger partial charge in [-0.1, -0.05) is 32.9 Å². The third-order valence-corrected chi connectivity index (χ3v) is 2.33. The summed E-state index contributed by atoms with van der Waals surface area (Å²) >= 11 is 0. The molecule has 0 fully saturated rings. The Morgan fingerprint density at radius 1 is 1.38 bits per heavy atom. The largest absolute Gasteiger partial charge is 0.370 e. The van der Waals surface area contributed by atoms with Crippen LogP contribution in [0.4, 0.5) is 5.69 Å². The molecule has 0 bridgehead atoms.